The predicted octanol–water partition coefficient (Wildman–Crippen LogP) is 3.18. The molecule has 0 unspecified atom stereocenters. The Morgan fingerprint density at radius 3 is 1.73 bits per heavy atom. The first kappa shape index (κ1) is 73.1. The summed E-state index contributed by atoms with van der Waals surface area (Å²) >= 11 is 1.17. The van der Waals surface area contributed by atoms with Crippen LogP contribution in [0.2, 0.25) is 0 Å². The van der Waals surface area contributed by atoms with E-state index in [2.05, 4.69) is 21.3 Å². The van der Waals surface area contributed by atoms with Gasteiger partial charge in [0.25, 0.3) is 0 Å². The van der Waals surface area contributed by atoms with Crippen LogP contribution in [0.25, 0.3) is 11.1 Å². The molecular formula is C58H87F2N7O17S. The molecule has 0 aliphatic heterocycles. The number of halogens is 2. The smallest absolute Gasteiger partial charge is 0.305 e. The SMILES string of the molecule is CC(C)(C)[C@H](c1cc(-c2cc(F)ccc2F)cn1Cc1ccccc1)N(CCCN)C(=O)CSC[C@H](NC(=O)CCOCCOCCOCCOCCNC(=O)CNC(=O)CCC(=O)O)C(=O)NCCOCCOCCOCCOCCC(=O)O. The number of carbonyl (C=O) groups is 7. The molecule has 0 radical (unpaired) electrons. The molecule has 0 aliphatic rings. The van der Waals surface area contributed by atoms with Gasteiger partial charge in [0, 0.05) is 67.8 Å². The number of aromatic nitrogens is 1. The highest BCUT2D eigenvalue weighted by atomic mass is 32.2. The first-order chi connectivity index (χ1) is 40.9. The van der Waals surface area contributed by atoms with Gasteiger partial charge in [0.1, 0.15) is 17.7 Å². The van der Waals surface area contributed by atoms with Gasteiger partial charge in [-0.25, -0.2) is 8.78 Å². The van der Waals surface area contributed by atoms with Crippen LogP contribution >= 0.6 is 11.8 Å². The molecule has 0 fully saturated rings. The number of hydrogen-bond acceptors (Lipinski definition) is 17. The summed E-state index contributed by atoms with van der Waals surface area (Å²) < 4.78 is 75.6. The Morgan fingerprint density at radius 1 is 0.635 bits per heavy atom. The molecule has 2 aromatic carbocycles. The van der Waals surface area contributed by atoms with Crippen molar-refractivity contribution in [2.24, 2.45) is 11.1 Å². The van der Waals surface area contributed by atoms with Crippen molar-refractivity contribution in [3.63, 3.8) is 0 Å². The lowest BCUT2D eigenvalue weighted by molar-refractivity contribution is -0.139. The number of rotatable bonds is 49. The van der Waals surface area contributed by atoms with Crippen molar-refractivity contribution in [2.45, 2.75) is 71.5 Å². The van der Waals surface area contributed by atoms with Crippen molar-refractivity contribution < 1.29 is 90.5 Å². The fourth-order valence-electron chi connectivity index (χ4n) is 8.10. The van der Waals surface area contributed by atoms with Crippen molar-refractivity contribution in [3.8, 4) is 11.1 Å². The third-order valence-electron chi connectivity index (χ3n) is 12.2. The quantitative estimate of drug-likeness (QED) is 0.0399. The van der Waals surface area contributed by atoms with Gasteiger partial charge >= 0.3 is 11.9 Å². The second kappa shape index (κ2) is 43.5. The summed E-state index contributed by atoms with van der Waals surface area (Å²) in [7, 11) is 0. The van der Waals surface area contributed by atoms with E-state index in [9.17, 15) is 38.0 Å². The van der Waals surface area contributed by atoms with E-state index in [1.54, 1.807) is 17.2 Å². The first-order valence-corrected chi connectivity index (χ1v) is 29.5. The number of nitrogens with two attached hydrogens (primary N) is 1. The van der Waals surface area contributed by atoms with Crippen LogP contribution in [0, 0.1) is 17.0 Å². The molecule has 0 aliphatic carbocycles. The molecule has 5 amide bonds. The van der Waals surface area contributed by atoms with E-state index in [0.717, 1.165) is 23.8 Å². The summed E-state index contributed by atoms with van der Waals surface area (Å²) in [4.78, 5) is 87.9. The number of nitrogens with one attached hydrogen (secondary N) is 4. The summed E-state index contributed by atoms with van der Waals surface area (Å²) in [5, 5.41) is 27.8. The third kappa shape index (κ3) is 32.8. The molecule has 1 aromatic heterocycles. The number of hydrogen-bond donors (Lipinski definition) is 7. The Balaban J connectivity index is 1.54. The van der Waals surface area contributed by atoms with Gasteiger partial charge in [-0.3, -0.25) is 33.6 Å². The minimum absolute atomic E-state index is 0.0237. The molecule has 3 rings (SSSR count). The molecule has 8 N–H and O–H groups in total. The third-order valence-corrected chi connectivity index (χ3v) is 13.2. The van der Waals surface area contributed by atoms with E-state index in [-0.39, 0.29) is 161 Å². The van der Waals surface area contributed by atoms with Gasteiger partial charge in [0.15, 0.2) is 0 Å². The number of amides is 5. The normalized spacial score (nSPS) is 12.1. The number of carboxylic acid groups (broad SMARTS) is 2. The van der Waals surface area contributed by atoms with Gasteiger partial charge in [-0.05, 0) is 48.2 Å². The van der Waals surface area contributed by atoms with Crippen LogP contribution in [0.15, 0.2) is 60.8 Å². The highest BCUT2D eigenvalue weighted by Gasteiger charge is 2.37. The second-order valence-electron chi connectivity index (χ2n) is 20.1. The number of carboxylic acids is 2. The Labute approximate surface area is 500 Å². The summed E-state index contributed by atoms with van der Waals surface area (Å²) in [6.07, 6.45) is 1.54. The molecule has 0 bridgehead atoms. The lowest BCUT2D eigenvalue weighted by Crippen LogP contribution is -2.49. The fourth-order valence-corrected chi connectivity index (χ4v) is 9.03. The van der Waals surface area contributed by atoms with Gasteiger partial charge in [-0.15, -0.1) is 11.8 Å². The monoisotopic (exact) mass is 1220 g/mol. The van der Waals surface area contributed by atoms with E-state index in [4.69, 9.17) is 53.8 Å². The molecule has 2 atom stereocenters. The number of ether oxygens (including phenoxy) is 8. The van der Waals surface area contributed by atoms with Gasteiger partial charge in [0.2, 0.25) is 29.5 Å². The maximum atomic E-state index is 15.3. The Morgan fingerprint density at radius 2 is 1.18 bits per heavy atom. The molecule has 3 aromatic rings. The molecule has 24 nitrogen and oxygen atoms in total. The van der Waals surface area contributed by atoms with Crippen LogP contribution < -0.4 is 27.0 Å². The molecule has 1 heterocycles. The summed E-state index contributed by atoms with van der Waals surface area (Å²) in [5.41, 5.74) is 7.63. The van der Waals surface area contributed by atoms with Gasteiger partial charge in [0.05, 0.1) is 137 Å². The van der Waals surface area contributed by atoms with Crippen molar-refractivity contribution >= 4 is 53.2 Å². The van der Waals surface area contributed by atoms with Crippen molar-refractivity contribution in [3.05, 3.63) is 83.7 Å². The molecule has 476 valence electrons. The van der Waals surface area contributed by atoms with Gasteiger partial charge in [-0.2, -0.15) is 0 Å². The van der Waals surface area contributed by atoms with Crippen molar-refractivity contribution in [2.75, 3.05) is 150 Å². The average Bonchev–Trinajstić information content (AvgIpc) is 1.95. The maximum Gasteiger partial charge on any atom is 0.305 e. The van der Waals surface area contributed by atoms with Crippen LogP contribution in [-0.4, -0.2) is 217 Å². The summed E-state index contributed by atoms with van der Waals surface area (Å²) in [5.74, 6) is -5.47. The van der Waals surface area contributed by atoms with E-state index in [1.807, 2.05) is 55.7 Å². The van der Waals surface area contributed by atoms with Crippen LogP contribution in [0.5, 0.6) is 0 Å². The van der Waals surface area contributed by atoms with E-state index < -0.39 is 64.7 Å². The first-order valence-electron chi connectivity index (χ1n) is 28.3. The highest BCUT2D eigenvalue weighted by molar-refractivity contribution is 8.00. The zero-order chi connectivity index (χ0) is 62.1. The second-order valence-corrected chi connectivity index (χ2v) is 21.2. The molecule has 0 saturated heterocycles. The molecule has 0 spiro atoms. The Hall–Kier alpha value is -6.14. The van der Waals surface area contributed by atoms with Crippen LogP contribution in [0.1, 0.15) is 70.2 Å². The predicted molar refractivity (Wildman–Crippen MR) is 311 cm³/mol. The summed E-state index contributed by atoms with van der Waals surface area (Å²) in [6, 6.07) is 13.1. The highest BCUT2D eigenvalue weighted by Crippen LogP contribution is 2.41. The lowest BCUT2D eigenvalue weighted by atomic mass is 9.83. The Kier molecular flexibility index (Phi) is 37.4. The van der Waals surface area contributed by atoms with Crippen molar-refractivity contribution in [1.82, 2.24) is 30.7 Å². The van der Waals surface area contributed by atoms with Gasteiger partial charge < -0.3 is 84.6 Å². The minimum Gasteiger partial charge on any atom is -0.481 e. The van der Waals surface area contributed by atoms with E-state index >= 15 is 4.39 Å². The number of aliphatic carboxylic acids is 2. The fraction of sp³-hybridized carbons (Fsp3) is 0.603. The molecule has 85 heavy (non-hydrogen) atoms. The summed E-state index contributed by atoms with van der Waals surface area (Å²) in [6.45, 7) is 10.6. The average molecular weight is 1220 g/mol. The largest absolute Gasteiger partial charge is 0.481 e. The van der Waals surface area contributed by atoms with E-state index in [0.29, 0.717) is 50.6 Å². The van der Waals surface area contributed by atoms with Crippen LogP contribution in [0.4, 0.5) is 8.78 Å². The molecular weight excluding hydrogens is 1140 g/mol. The molecule has 0 saturated carbocycles. The zero-order valence-corrected chi connectivity index (χ0v) is 49.9. The van der Waals surface area contributed by atoms with Gasteiger partial charge in [-0.1, -0.05) is 51.1 Å². The zero-order valence-electron chi connectivity index (χ0n) is 49.1. The minimum atomic E-state index is -1.10. The number of thioether (sulfide) groups is 1. The topological polar surface area (TPSA) is 316 Å². The molecule has 27 heteroatoms. The van der Waals surface area contributed by atoms with Crippen LogP contribution in [0.3, 0.4) is 0 Å². The van der Waals surface area contributed by atoms with Crippen molar-refractivity contribution in [1.29, 1.82) is 0 Å². The number of benzene rings is 2. The van der Waals surface area contributed by atoms with Crippen LogP contribution in [-0.2, 0) is 78.0 Å². The standard InChI is InChI=1S/C58H87F2N7O17S/c1-58(2,3)56(49-36-44(46-37-45(59)10-11-47(46)60)40-66(49)39-43-8-5-4-6-9-43)67(19-7-16-61)53(71)42-85-41-48(57(76)63-18-23-80-27-31-84-35-33-82-29-25-78-21-15-55(74)75)65-51(69)14-20-77-24-28-81-32-34-83-30-26-79-22-17-62-52(70)38-64-50(68)12-13-54(72)73/h4-6,8-11,36-37,40,48,56H,7,12-35,38-39,41-42,61H2,1-3H3,(H,62,70)(H,63,76)(H,64,68)(H,65,69)(H,72,73)(H,74,75)/t48-,56-/m0/s1. The maximum absolute atomic E-state index is 15.3. The Bertz CT molecular complexity index is 2440. The lowest BCUT2D eigenvalue weighted by Gasteiger charge is -2.41. The van der Waals surface area contributed by atoms with E-state index in [1.165, 1.54) is 11.8 Å². The number of nitrogens with zero attached hydrogens (tertiary/aromatic N) is 2. The number of carbonyl (C=O) groups excluding carboxylic acids is 5.